The van der Waals surface area contributed by atoms with Gasteiger partial charge in [0.15, 0.2) is 0 Å². The molecule has 8 heteroatoms. The summed E-state index contributed by atoms with van der Waals surface area (Å²) in [4.78, 5) is 50.7. The summed E-state index contributed by atoms with van der Waals surface area (Å²) in [6.07, 6.45) is 1.89. The van der Waals surface area contributed by atoms with Crippen molar-refractivity contribution in [1.82, 2.24) is 20.9 Å². The molecule has 0 saturated carbocycles. The largest absolute Gasteiger partial charge is 0.354 e. The highest BCUT2D eigenvalue weighted by Crippen LogP contribution is 2.33. The predicted molar refractivity (Wildman–Crippen MR) is 104 cm³/mol. The molecule has 0 bridgehead atoms. The van der Waals surface area contributed by atoms with Crippen LogP contribution >= 0.6 is 0 Å². The molecule has 28 heavy (non-hydrogen) atoms. The van der Waals surface area contributed by atoms with E-state index in [2.05, 4.69) is 16.0 Å². The molecule has 0 aliphatic carbocycles. The van der Waals surface area contributed by atoms with Gasteiger partial charge in [0.25, 0.3) is 5.91 Å². The van der Waals surface area contributed by atoms with Crippen molar-refractivity contribution in [2.45, 2.75) is 51.6 Å². The van der Waals surface area contributed by atoms with Gasteiger partial charge in [-0.15, -0.1) is 0 Å². The molecular weight excluding hydrogens is 360 g/mol. The van der Waals surface area contributed by atoms with Crippen molar-refractivity contribution in [2.75, 3.05) is 13.1 Å². The second-order valence-electron chi connectivity index (χ2n) is 6.92. The summed E-state index contributed by atoms with van der Waals surface area (Å²) in [5.74, 6) is -1.33. The molecule has 2 rings (SSSR count). The second-order valence-corrected chi connectivity index (χ2v) is 6.92. The molecule has 152 valence electrons. The van der Waals surface area contributed by atoms with Gasteiger partial charge in [-0.3, -0.25) is 19.3 Å². The lowest BCUT2D eigenvalue weighted by atomic mass is 9.85. The van der Waals surface area contributed by atoms with Gasteiger partial charge in [0.2, 0.25) is 11.8 Å². The van der Waals surface area contributed by atoms with E-state index in [1.54, 1.807) is 31.2 Å². The monoisotopic (exact) mass is 388 g/mol. The summed E-state index contributed by atoms with van der Waals surface area (Å²) in [5.41, 5.74) is -0.484. The van der Waals surface area contributed by atoms with Crippen LogP contribution in [-0.4, -0.2) is 47.8 Å². The fourth-order valence-corrected chi connectivity index (χ4v) is 3.27. The number of amides is 5. The van der Waals surface area contributed by atoms with E-state index in [9.17, 15) is 19.2 Å². The molecular formula is C20H28N4O4. The Morgan fingerprint density at radius 1 is 1.14 bits per heavy atom. The average molecular weight is 388 g/mol. The molecule has 0 spiro atoms. The Morgan fingerprint density at radius 2 is 1.82 bits per heavy atom. The van der Waals surface area contributed by atoms with E-state index in [1.807, 2.05) is 19.9 Å². The zero-order chi connectivity index (χ0) is 20.7. The molecule has 1 saturated heterocycles. The van der Waals surface area contributed by atoms with Crippen LogP contribution in [-0.2, 0) is 19.9 Å². The first-order valence-corrected chi connectivity index (χ1v) is 9.62. The van der Waals surface area contributed by atoms with Crippen LogP contribution in [0.15, 0.2) is 30.3 Å². The van der Waals surface area contributed by atoms with Gasteiger partial charge in [-0.05, 0) is 25.3 Å². The Morgan fingerprint density at radius 3 is 2.43 bits per heavy atom. The van der Waals surface area contributed by atoms with Gasteiger partial charge in [-0.2, -0.15) is 0 Å². The van der Waals surface area contributed by atoms with Gasteiger partial charge in [0.05, 0.1) is 0 Å². The van der Waals surface area contributed by atoms with Gasteiger partial charge < -0.3 is 16.0 Å². The van der Waals surface area contributed by atoms with Crippen molar-refractivity contribution >= 4 is 23.8 Å². The van der Waals surface area contributed by atoms with Gasteiger partial charge >= 0.3 is 6.03 Å². The lowest BCUT2D eigenvalue weighted by Gasteiger charge is -2.27. The number of benzene rings is 1. The highest BCUT2D eigenvalue weighted by Gasteiger charge is 2.52. The van der Waals surface area contributed by atoms with Crippen LogP contribution in [0.4, 0.5) is 4.79 Å². The van der Waals surface area contributed by atoms with Crippen molar-refractivity contribution < 1.29 is 19.2 Å². The maximum atomic E-state index is 13.1. The Kier molecular flexibility index (Phi) is 7.14. The number of carbonyl (C=O) groups is 4. The maximum absolute atomic E-state index is 13.1. The number of nitrogens with zero attached hydrogens (tertiary/aromatic N) is 1. The number of nitrogens with one attached hydrogen (secondary N) is 3. The molecule has 2 atom stereocenters. The second kappa shape index (κ2) is 9.34. The van der Waals surface area contributed by atoms with E-state index in [0.717, 1.165) is 11.3 Å². The van der Waals surface area contributed by atoms with Crippen molar-refractivity contribution in [3.8, 4) is 0 Å². The fourth-order valence-electron chi connectivity index (χ4n) is 3.27. The van der Waals surface area contributed by atoms with Gasteiger partial charge in [-0.1, -0.05) is 50.6 Å². The fraction of sp³-hybridized carbons (Fsp3) is 0.500. The molecule has 5 amide bonds. The first-order valence-electron chi connectivity index (χ1n) is 9.62. The lowest BCUT2D eigenvalue weighted by molar-refractivity contribution is -0.136. The van der Waals surface area contributed by atoms with Gasteiger partial charge in [-0.25, -0.2) is 4.79 Å². The van der Waals surface area contributed by atoms with Gasteiger partial charge in [0.1, 0.15) is 18.1 Å². The number of hydrogen-bond donors (Lipinski definition) is 3. The van der Waals surface area contributed by atoms with Crippen molar-refractivity contribution in [3.63, 3.8) is 0 Å². The van der Waals surface area contributed by atoms with E-state index < -0.39 is 36.0 Å². The third kappa shape index (κ3) is 4.49. The standard InChI is InChI=1S/C20H28N4O4/c1-4-11-20(15-9-7-6-8-10-15)18(27)24(19(28)23-20)13-16(25)22-14(3)17(26)21-12-5-2/h6-10,14H,4-5,11-13H2,1-3H3,(H,21,26)(H,22,25)(H,23,28)/t14-,20-/m1/s1. The van der Waals surface area contributed by atoms with Crippen molar-refractivity contribution in [3.05, 3.63) is 35.9 Å². The third-order valence-electron chi connectivity index (χ3n) is 4.69. The van der Waals surface area contributed by atoms with Crippen molar-refractivity contribution in [2.24, 2.45) is 0 Å². The Balaban J connectivity index is 2.10. The normalized spacial score (nSPS) is 19.9. The summed E-state index contributed by atoms with van der Waals surface area (Å²) >= 11 is 0. The third-order valence-corrected chi connectivity index (χ3v) is 4.69. The molecule has 1 heterocycles. The number of carbonyl (C=O) groups excluding carboxylic acids is 4. The van der Waals surface area contributed by atoms with Crippen molar-refractivity contribution in [1.29, 1.82) is 0 Å². The quantitative estimate of drug-likeness (QED) is 0.554. The first-order chi connectivity index (χ1) is 13.4. The van der Waals surface area contributed by atoms with Crippen LogP contribution in [0.3, 0.4) is 0 Å². The molecule has 0 unspecified atom stereocenters. The van der Waals surface area contributed by atoms with Crippen LogP contribution in [0, 0.1) is 0 Å². The number of imide groups is 1. The van der Waals surface area contributed by atoms with E-state index in [4.69, 9.17) is 0 Å². The molecule has 1 aliphatic rings. The summed E-state index contributed by atoms with van der Waals surface area (Å²) in [5, 5.41) is 7.99. The Hall–Kier alpha value is -2.90. The number of hydrogen-bond acceptors (Lipinski definition) is 4. The predicted octanol–water partition coefficient (Wildman–Crippen LogP) is 1.26. The Bertz CT molecular complexity index is 737. The number of urea groups is 1. The van der Waals surface area contributed by atoms with E-state index in [0.29, 0.717) is 24.9 Å². The smallest absolute Gasteiger partial charge is 0.325 e. The molecule has 1 aliphatic heterocycles. The summed E-state index contributed by atoms with van der Waals surface area (Å²) in [6, 6.07) is 7.65. The average Bonchev–Trinajstić information content (AvgIpc) is 2.92. The number of rotatable bonds is 9. The first kappa shape index (κ1) is 21.4. The minimum atomic E-state index is -1.17. The molecule has 3 N–H and O–H groups in total. The highest BCUT2D eigenvalue weighted by atomic mass is 16.2. The molecule has 0 radical (unpaired) electrons. The van der Waals surface area contributed by atoms with Crippen LogP contribution in [0.1, 0.15) is 45.6 Å². The molecule has 8 nitrogen and oxygen atoms in total. The SMILES string of the molecule is CCCNC(=O)[C@@H](C)NC(=O)CN1C(=O)N[C@](CCC)(c2ccccc2)C1=O. The summed E-state index contributed by atoms with van der Waals surface area (Å²) < 4.78 is 0. The zero-order valence-electron chi connectivity index (χ0n) is 16.6. The summed E-state index contributed by atoms with van der Waals surface area (Å²) in [7, 11) is 0. The van der Waals surface area contributed by atoms with E-state index in [-0.39, 0.29) is 5.91 Å². The van der Waals surface area contributed by atoms with Crippen LogP contribution < -0.4 is 16.0 Å². The zero-order valence-corrected chi connectivity index (χ0v) is 16.6. The van der Waals surface area contributed by atoms with Crippen LogP contribution in [0.25, 0.3) is 0 Å². The van der Waals surface area contributed by atoms with E-state index in [1.165, 1.54) is 0 Å². The minimum absolute atomic E-state index is 0.308. The topological polar surface area (TPSA) is 108 Å². The molecule has 1 fully saturated rings. The molecule has 0 aromatic heterocycles. The lowest BCUT2D eigenvalue weighted by Crippen LogP contribution is -2.49. The minimum Gasteiger partial charge on any atom is -0.354 e. The van der Waals surface area contributed by atoms with Crippen LogP contribution in [0.2, 0.25) is 0 Å². The van der Waals surface area contributed by atoms with E-state index >= 15 is 0 Å². The van der Waals surface area contributed by atoms with Gasteiger partial charge in [0, 0.05) is 6.54 Å². The molecule has 1 aromatic rings. The Labute approximate surface area is 165 Å². The highest BCUT2D eigenvalue weighted by molar-refractivity contribution is 6.09. The maximum Gasteiger partial charge on any atom is 0.325 e. The molecule has 1 aromatic carbocycles. The van der Waals surface area contributed by atoms with Crippen LogP contribution in [0.5, 0.6) is 0 Å². The summed E-state index contributed by atoms with van der Waals surface area (Å²) in [6.45, 7) is 5.49.